The summed E-state index contributed by atoms with van der Waals surface area (Å²) in [6.07, 6.45) is 0.0194. The predicted molar refractivity (Wildman–Crippen MR) is 116 cm³/mol. The molecular formula is C22H24F3N3O3S. The lowest BCUT2D eigenvalue weighted by Crippen LogP contribution is -2.33. The molecule has 0 saturated heterocycles. The molecular weight excluding hydrogens is 443 g/mol. The van der Waals surface area contributed by atoms with Crippen molar-refractivity contribution in [3.63, 3.8) is 0 Å². The minimum atomic E-state index is -4.70. The van der Waals surface area contributed by atoms with E-state index in [4.69, 9.17) is 4.74 Å². The third-order valence-corrected chi connectivity index (χ3v) is 6.67. The van der Waals surface area contributed by atoms with Crippen LogP contribution in [0.15, 0.2) is 35.4 Å². The Hall–Kier alpha value is -2.43. The molecule has 2 heterocycles. The van der Waals surface area contributed by atoms with Crippen molar-refractivity contribution in [2.24, 2.45) is 0 Å². The van der Waals surface area contributed by atoms with Crippen molar-refractivity contribution >= 4 is 21.6 Å². The molecule has 1 aliphatic rings. The van der Waals surface area contributed by atoms with Gasteiger partial charge in [0.2, 0.25) is 0 Å². The molecule has 10 heteroatoms. The molecule has 2 aromatic heterocycles. The number of hydrogen-bond acceptors (Lipinski definition) is 6. The first kappa shape index (κ1) is 22.8. The van der Waals surface area contributed by atoms with E-state index in [0.717, 1.165) is 51.9 Å². The average molecular weight is 468 g/mol. The molecule has 4 rings (SSSR count). The number of ether oxygens (including phenoxy) is 2. The van der Waals surface area contributed by atoms with Crippen molar-refractivity contribution < 1.29 is 22.6 Å². The van der Waals surface area contributed by atoms with Gasteiger partial charge in [0.05, 0.1) is 11.7 Å². The van der Waals surface area contributed by atoms with Gasteiger partial charge in [-0.3, -0.25) is 9.36 Å². The normalized spacial score (nSPS) is 16.3. The number of alkyl halides is 3. The molecule has 1 aliphatic carbocycles. The maximum Gasteiger partial charge on any atom is 0.573 e. The highest BCUT2D eigenvalue weighted by atomic mass is 32.1. The molecule has 172 valence electrons. The molecule has 0 radical (unpaired) electrons. The number of aryl methyl sites for hydroxylation is 2. The number of halogens is 3. The zero-order valence-electron chi connectivity index (χ0n) is 17.6. The van der Waals surface area contributed by atoms with E-state index >= 15 is 0 Å². The Bertz CT molecular complexity index is 1140. The molecule has 0 aliphatic heterocycles. The van der Waals surface area contributed by atoms with Crippen molar-refractivity contribution in [1.82, 2.24) is 14.9 Å². The second-order valence-corrected chi connectivity index (χ2v) is 8.87. The van der Waals surface area contributed by atoms with Gasteiger partial charge in [-0.25, -0.2) is 4.98 Å². The summed E-state index contributed by atoms with van der Waals surface area (Å²) >= 11 is 1.55. The monoisotopic (exact) mass is 467 g/mol. The van der Waals surface area contributed by atoms with Crippen LogP contribution in [0, 0.1) is 0 Å². The first-order valence-electron chi connectivity index (χ1n) is 10.4. The van der Waals surface area contributed by atoms with E-state index in [1.807, 2.05) is 0 Å². The summed E-state index contributed by atoms with van der Waals surface area (Å²) in [5, 5.41) is 4.15. The molecule has 0 bridgehead atoms. The minimum Gasteiger partial charge on any atom is -0.406 e. The summed E-state index contributed by atoms with van der Waals surface area (Å²) in [5.74, 6) is -0.222. The van der Waals surface area contributed by atoms with Gasteiger partial charge in [0.25, 0.3) is 5.56 Å². The molecule has 0 saturated carbocycles. The van der Waals surface area contributed by atoms with Crippen LogP contribution < -0.4 is 15.6 Å². The maximum atomic E-state index is 13.0. The van der Waals surface area contributed by atoms with E-state index in [0.29, 0.717) is 19.7 Å². The van der Waals surface area contributed by atoms with Crippen LogP contribution in [0.1, 0.15) is 28.8 Å². The first-order valence-corrected chi connectivity index (χ1v) is 11.2. The zero-order valence-corrected chi connectivity index (χ0v) is 18.4. The Morgan fingerprint density at radius 2 is 2.19 bits per heavy atom. The van der Waals surface area contributed by atoms with Gasteiger partial charge in [0.15, 0.2) is 0 Å². The molecule has 0 spiro atoms. The minimum absolute atomic E-state index is 0.00325. The number of benzene rings is 1. The topological polar surface area (TPSA) is 65.4 Å². The summed E-state index contributed by atoms with van der Waals surface area (Å²) in [4.78, 5) is 19.4. The number of nitrogens with one attached hydrogen (secondary N) is 1. The third kappa shape index (κ3) is 5.31. The quantitative estimate of drug-likeness (QED) is 0.507. The summed E-state index contributed by atoms with van der Waals surface area (Å²) in [7, 11) is 1.64. The maximum absolute atomic E-state index is 13.0. The van der Waals surface area contributed by atoms with Crippen LogP contribution >= 0.6 is 11.3 Å². The fourth-order valence-electron chi connectivity index (χ4n) is 4.03. The Labute approximate surface area is 187 Å². The van der Waals surface area contributed by atoms with Crippen molar-refractivity contribution in [3.8, 4) is 5.75 Å². The highest BCUT2D eigenvalue weighted by molar-refractivity contribution is 7.18. The third-order valence-electron chi connectivity index (χ3n) is 5.51. The molecule has 0 unspecified atom stereocenters. The van der Waals surface area contributed by atoms with E-state index in [-0.39, 0.29) is 17.4 Å². The Morgan fingerprint density at radius 1 is 1.34 bits per heavy atom. The standard InChI is InChI=1S/C22H24F3N3O3S/c1-30-9-3-8-28-13-27-20-19(21(28)29)17-7-6-15(11-18(17)32-20)26-12-14-4-2-5-16(10-14)31-22(23,24)25/h2,4-5,10,13,15,26H,3,6-9,11-12H2,1H3/t15-/m1/s1. The van der Waals surface area contributed by atoms with E-state index < -0.39 is 6.36 Å². The highest BCUT2D eigenvalue weighted by Crippen LogP contribution is 2.34. The van der Waals surface area contributed by atoms with Gasteiger partial charge in [0.1, 0.15) is 10.6 Å². The highest BCUT2D eigenvalue weighted by Gasteiger charge is 2.31. The van der Waals surface area contributed by atoms with Gasteiger partial charge in [-0.2, -0.15) is 0 Å². The van der Waals surface area contributed by atoms with E-state index in [2.05, 4.69) is 15.0 Å². The van der Waals surface area contributed by atoms with Crippen molar-refractivity contribution in [3.05, 3.63) is 57.0 Å². The molecule has 6 nitrogen and oxygen atoms in total. The van der Waals surface area contributed by atoms with E-state index in [1.165, 1.54) is 12.1 Å². The van der Waals surface area contributed by atoms with Crippen molar-refractivity contribution in [1.29, 1.82) is 0 Å². The largest absolute Gasteiger partial charge is 0.573 e. The van der Waals surface area contributed by atoms with Gasteiger partial charge in [0, 0.05) is 37.7 Å². The van der Waals surface area contributed by atoms with Crippen LogP contribution in [0.4, 0.5) is 13.2 Å². The SMILES string of the molecule is COCCCn1cnc2sc3c(c2c1=O)CC[C@@H](NCc1cccc(OC(F)(F)F)c1)C3. The van der Waals surface area contributed by atoms with Gasteiger partial charge < -0.3 is 14.8 Å². The van der Waals surface area contributed by atoms with E-state index in [9.17, 15) is 18.0 Å². The summed E-state index contributed by atoms with van der Waals surface area (Å²) in [5.41, 5.74) is 1.80. The number of hydrogen-bond donors (Lipinski definition) is 1. The summed E-state index contributed by atoms with van der Waals surface area (Å²) in [6.45, 7) is 1.59. The van der Waals surface area contributed by atoms with Gasteiger partial charge in [-0.1, -0.05) is 12.1 Å². The number of fused-ring (bicyclic) bond motifs is 3. The lowest BCUT2D eigenvalue weighted by Gasteiger charge is -2.23. The summed E-state index contributed by atoms with van der Waals surface area (Å²) < 4.78 is 48.0. The first-order chi connectivity index (χ1) is 15.3. The lowest BCUT2D eigenvalue weighted by molar-refractivity contribution is -0.274. The fraction of sp³-hybridized carbons (Fsp3) is 0.455. The molecule has 1 atom stereocenters. The predicted octanol–water partition coefficient (Wildman–Crippen LogP) is 4.04. The van der Waals surface area contributed by atoms with Crippen LogP contribution in [-0.2, 0) is 30.7 Å². The Balaban J connectivity index is 1.43. The van der Waals surface area contributed by atoms with Gasteiger partial charge in [-0.15, -0.1) is 24.5 Å². The molecule has 32 heavy (non-hydrogen) atoms. The fourth-order valence-corrected chi connectivity index (χ4v) is 5.29. The lowest BCUT2D eigenvalue weighted by atomic mass is 9.93. The van der Waals surface area contributed by atoms with Crippen LogP contribution in [0.25, 0.3) is 10.2 Å². The molecule has 0 fully saturated rings. The van der Waals surface area contributed by atoms with Gasteiger partial charge >= 0.3 is 6.36 Å². The van der Waals surface area contributed by atoms with E-state index in [1.54, 1.807) is 41.5 Å². The number of thiophene rings is 1. The van der Waals surface area contributed by atoms with Crippen LogP contribution in [0.2, 0.25) is 0 Å². The van der Waals surface area contributed by atoms with Crippen molar-refractivity contribution in [2.75, 3.05) is 13.7 Å². The van der Waals surface area contributed by atoms with Crippen LogP contribution in [0.3, 0.4) is 0 Å². The molecule has 3 aromatic rings. The van der Waals surface area contributed by atoms with Crippen LogP contribution in [0.5, 0.6) is 5.75 Å². The molecule has 0 amide bonds. The average Bonchev–Trinajstić information content (AvgIpc) is 3.11. The van der Waals surface area contributed by atoms with Crippen LogP contribution in [-0.4, -0.2) is 35.7 Å². The number of nitrogens with zero attached hydrogens (tertiary/aromatic N) is 2. The number of aromatic nitrogens is 2. The number of rotatable bonds is 8. The smallest absolute Gasteiger partial charge is 0.406 e. The molecule has 1 aromatic carbocycles. The second kappa shape index (κ2) is 9.60. The zero-order chi connectivity index (χ0) is 22.7. The van der Waals surface area contributed by atoms with Gasteiger partial charge in [-0.05, 0) is 48.9 Å². The summed E-state index contributed by atoms with van der Waals surface area (Å²) in [6, 6.07) is 6.17. The second-order valence-electron chi connectivity index (χ2n) is 7.79. The number of methoxy groups -OCH3 is 1. The Kier molecular flexibility index (Phi) is 6.82. The Morgan fingerprint density at radius 3 is 2.97 bits per heavy atom. The van der Waals surface area contributed by atoms with Crippen molar-refractivity contribution in [2.45, 2.75) is 51.2 Å². The molecule has 1 N–H and O–H groups in total.